The molecule has 26 heavy (non-hydrogen) atoms. The molecule has 8 nitrogen and oxygen atoms in total. The third-order valence-electron chi connectivity index (χ3n) is 4.05. The topological polar surface area (TPSA) is 92.9 Å². The van der Waals surface area contributed by atoms with Crippen molar-refractivity contribution in [1.29, 1.82) is 0 Å². The summed E-state index contributed by atoms with van der Waals surface area (Å²) in [7, 11) is 0. The zero-order valence-electron chi connectivity index (χ0n) is 13.5. The molecule has 0 aliphatic rings. The summed E-state index contributed by atoms with van der Waals surface area (Å²) in [5, 5.41) is 10.8. The number of aromatic nitrogens is 6. The molecular formula is C18H13N7O. The second-order valence-corrected chi connectivity index (χ2v) is 5.74. The second-order valence-electron chi connectivity index (χ2n) is 5.74. The summed E-state index contributed by atoms with van der Waals surface area (Å²) in [6.45, 7) is 0. The van der Waals surface area contributed by atoms with Crippen LogP contribution < -0.4 is 10.9 Å². The second kappa shape index (κ2) is 5.55. The summed E-state index contributed by atoms with van der Waals surface area (Å²) in [4.78, 5) is 21.7. The number of nitrogens with zero attached hydrogens (tertiary/aromatic N) is 5. The van der Waals surface area contributed by atoms with Crippen LogP contribution in [0, 0.1) is 0 Å². The van der Waals surface area contributed by atoms with Crippen molar-refractivity contribution in [2.45, 2.75) is 0 Å². The van der Waals surface area contributed by atoms with E-state index in [4.69, 9.17) is 0 Å². The van der Waals surface area contributed by atoms with Gasteiger partial charge in [-0.15, -0.1) is 0 Å². The molecule has 0 aliphatic carbocycles. The van der Waals surface area contributed by atoms with Gasteiger partial charge in [0.25, 0.3) is 11.3 Å². The lowest BCUT2D eigenvalue weighted by Crippen LogP contribution is -2.15. The molecule has 0 fully saturated rings. The summed E-state index contributed by atoms with van der Waals surface area (Å²) in [5.74, 6) is 0.714. The van der Waals surface area contributed by atoms with E-state index in [1.165, 1.54) is 10.7 Å². The molecule has 3 aromatic heterocycles. The van der Waals surface area contributed by atoms with Crippen molar-refractivity contribution in [3.8, 4) is 5.69 Å². The van der Waals surface area contributed by atoms with Crippen LogP contribution in [0.5, 0.6) is 0 Å². The third-order valence-corrected chi connectivity index (χ3v) is 4.05. The van der Waals surface area contributed by atoms with Crippen LogP contribution in [0.1, 0.15) is 0 Å². The van der Waals surface area contributed by atoms with Gasteiger partial charge in [-0.05, 0) is 24.3 Å². The first-order valence-corrected chi connectivity index (χ1v) is 8.03. The van der Waals surface area contributed by atoms with Gasteiger partial charge < -0.3 is 5.32 Å². The van der Waals surface area contributed by atoms with Crippen LogP contribution in [0.2, 0.25) is 0 Å². The number of benzene rings is 2. The molecule has 2 aromatic carbocycles. The molecule has 5 aromatic rings. The Hall–Kier alpha value is -3.94. The van der Waals surface area contributed by atoms with Gasteiger partial charge in [0.2, 0.25) is 5.95 Å². The smallest absolute Gasteiger partial charge is 0.285 e. The van der Waals surface area contributed by atoms with Crippen molar-refractivity contribution in [1.82, 2.24) is 29.4 Å². The first-order chi connectivity index (χ1) is 12.8. The molecule has 2 N–H and O–H groups in total. The van der Waals surface area contributed by atoms with Gasteiger partial charge in [0.1, 0.15) is 5.39 Å². The fraction of sp³-hybridized carbons (Fsp3) is 0. The Kier molecular flexibility index (Phi) is 3.08. The lowest BCUT2D eigenvalue weighted by molar-refractivity contribution is 0.885. The Bertz CT molecular complexity index is 1270. The van der Waals surface area contributed by atoms with E-state index in [9.17, 15) is 4.79 Å². The molecule has 0 bridgehead atoms. The standard InChI is InChI=1S/C18H13N7O/c26-16-14-11-19-24(13-9-5-2-6-10-13)15(14)21-18-22-17(23-25(16)18)20-12-7-3-1-4-8-12/h1-11H,(H2,20,21,22,23). The Morgan fingerprint density at radius 2 is 1.65 bits per heavy atom. The molecule has 0 spiro atoms. The van der Waals surface area contributed by atoms with Gasteiger partial charge in [0.15, 0.2) is 5.65 Å². The summed E-state index contributed by atoms with van der Waals surface area (Å²) < 4.78 is 2.94. The predicted octanol–water partition coefficient (Wildman–Crippen LogP) is 2.50. The van der Waals surface area contributed by atoms with Gasteiger partial charge >= 0.3 is 0 Å². The highest BCUT2D eigenvalue weighted by Crippen LogP contribution is 2.16. The van der Waals surface area contributed by atoms with Gasteiger partial charge in [0, 0.05) is 5.69 Å². The molecule has 3 heterocycles. The van der Waals surface area contributed by atoms with E-state index in [2.05, 4.69) is 25.5 Å². The summed E-state index contributed by atoms with van der Waals surface area (Å²) in [6, 6.07) is 19.1. The highest BCUT2D eigenvalue weighted by molar-refractivity contribution is 5.77. The number of hydrogen-bond donors (Lipinski definition) is 2. The normalized spacial score (nSPS) is 11.2. The molecule has 0 amide bonds. The van der Waals surface area contributed by atoms with Gasteiger partial charge in [-0.3, -0.25) is 9.89 Å². The van der Waals surface area contributed by atoms with Crippen molar-refractivity contribution in [2.24, 2.45) is 0 Å². The number of para-hydroxylation sites is 2. The minimum atomic E-state index is -0.249. The summed E-state index contributed by atoms with van der Waals surface area (Å²) >= 11 is 0. The van der Waals surface area contributed by atoms with Crippen LogP contribution >= 0.6 is 0 Å². The highest BCUT2D eigenvalue weighted by Gasteiger charge is 2.15. The molecule has 0 saturated carbocycles. The van der Waals surface area contributed by atoms with Crippen LogP contribution in [-0.4, -0.2) is 29.4 Å². The van der Waals surface area contributed by atoms with Crippen molar-refractivity contribution >= 4 is 28.4 Å². The Morgan fingerprint density at radius 1 is 0.923 bits per heavy atom. The van der Waals surface area contributed by atoms with Crippen LogP contribution in [0.4, 0.5) is 11.6 Å². The number of rotatable bonds is 3. The Labute approximate surface area is 146 Å². The molecule has 0 unspecified atom stereocenters. The highest BCUT2D eigenvalue weighted by atomic mass is 16.1. The zero-order valence-corrected chi connectivity index (χ0v) is 13.5. The Balaban J connectivity index is 1.67. The molecule has 8 heteroatoms. The van der Waals surface area contributed by atoms with E-state index in [-0.39, 0.29) is 11.3 Å². The zero-order chi connectivity index (χ0) is 17.5. The number of H-pyrrole nitrogens is 1. The number of aromatic amines is 1. The van der Waals surface area contributed by atoms with E-state index >= 15 is 0 Å². The number of anilines is 2. The fourth-order valence-electron chi connectivity index (χ4n) is 2.84. The average Bonchev–Trinajstić information content (AvgIpc) is 3.28. The van der Waals surface area contributed by atoms with Gasteiger partial charge in [-0.25, -0.2) is 4.68 Å². The van der Waals surface area contributed by atoms with Crippen molar-refractivity contribution < 1.29 is 0 Å². The number of nitrogens with one attached hydrogen (secondary N) is 2. The molecule has 0 radical (unpaired) electrons. The van der Waals surface area contributed by atoms with Gasteiger partial charge in [0.05, 0.1) is 11.9 Å². The van der Waals surface area contributed by atoms with Crippen LogP contribution in [0.3, 0.4) is 0 Å². The first-order valence-electron chi connectivity index (χ1n) is 8.03. The minimum Gasteiger partial charge on any atom is -0.325 e. The maximum absolute atomic E-state index is 12.8. The molecule has 0 atom stereocenters. The summed E-state index contributed by atoms with van der Waals surface area (Å²) in [5.41, 5.74) is 1.91. The van der Waals surface area contributed by atoms with Crippen LogP contribution in [-0.2, 0) is 0 Å². The van der Waals surface area contributed by atoms with Crippen LogP contribution in [0.25, 0.3) is 22.5 Å². The first kappa shape index (κ1) is 14.4. The largest absolute Gasteiger partial charge is 0.325 e. The summed E-state index contributed by atoms with van der Waals surface area (Å²) in [6.07, 6.45) is 1.52. The van der Waals surface area contributed by atoms with E-state index in [0.717, 1.165) is 11.4 Å². The predicted molar refractivity (Wildman–Crippen MR) is 98.0 cm³/mol. The minimum absolute atomic E-state index is 0.249. The van der Waals surface area contributed by atoms with E-state index in [0.29, 0.717) is 17.0 Å². The molecule has 0 aliphatic heterocycles. The number of hydrogen-bond acceptors (Lipinski definition) is 5. The van der Waals surface area contributed by atoms with E-state index in [1.54, 1.807) is 4.68 Å². The average molecular weight is 343 g/mol. The maximum Gasteiger partial charge on any atom is 0.285 e. The number of fused-ring (bicyclic) bond motifs is 2. The fourth-order valence-corrected chi connectivity index (χ4v) is 2.84. The van der Waals surface area contributed by atoms with Crippen LogP contribution in [0.15, 0.2) is 71.7 Å². The maximum atomic E-state index is 12.8. The molecule has 5 rings (SSSR count). The monoisotopic (exact) mass is 343 g/mol. The lowest BCUT2D eigenvalue weighted by Gasteiger charge is -2.01. The Morgan fingerprint density at radius 3 is 2.42 bits per heavy atom. The quantitative estimate of drug-likeness (QED) is 0.525. The van der Waals surface area contributed by atoms with Crippen molar-refractivity contribution in [3.05, 3.63) is 77.2 Å². The van der Waals surface area contributed by atoms with E-state index < -0.39 is 0 Å². The molecule has 126 valence electrons. The van der Waals surface area contributed by atoms with Crippen molar-refractivity contribution in [3.63, 3.8) is 0 Å². The van der Waals surface area contributed by atoms with Gasteiger partial charge in [-0.2, -0.15) is 19.6 Å². The SMILES string of the molecule is O=c1c2cnn(-c3ccccc3)c2nc2nc(Nc3ccccc3)[nH]n12. The van der Waals surface area contributed by atoms with Gasteiger partial charge in [-0.1, -0.05) is 36.4 Å². The molecule has 0 saturated heterocycles. The van der Waals surface area contributed by atoms with Crippen molar-refractivity contribution in [2.75, 3.05) is 5.32 Å². The molecular weight excluding hydrogens is 330 g/mol. The van der Waals surface area contributed by atoms with E-state index in [1.807, 2.05) is 60.7 Å². The third kappa shape index (κ3) is 2.24. The lowest BCUT2D eigenvalue weighted by atomic mass is 10.3.